The maximum absolute atomic E-state index is 9.37. The summed E-state index contributed by atoms with van der Waals surface area (Å²) in [6.45, 7) is 21.5. The van der Waals surface area contributed by atoms with Gasteiger partial charge >= 0.3 is 5.97 Å². The molecule has 4 N–H and O–H groups in total. The van der Waals surface area contributed by atoms with Crippen LogP contribution in [0.1, 0.15) is 99.8 Å². The Morgan fingerprint density at radius 3 is 1.80 bits per heavy atom. The van der Waals surface area contributed by atoms with Gasteiger partial charge in [0.2, 0.25) is 0 Å². The van der Waals surface area contributed by atoms with E-state index in [4.69, 9.17) is 25.2 Å². The molecule has 0 heterocycles. The monoisotopic (exact) mass is 496 g/mol. The van der Waals surface area contributed by atoms with Crippen LogP contribution in [0.3, 0.4) is 0 Å². The van der Waals surface area contributed by atoms with Crippen LogP contribution in [0.2, 0.25) is 0 Å². The predicted octanol–water partition coefficient (Wildman–Crippen LogP) is 8.02. The van der Waals surface area contributed by atoms with Crippen molar-refractivity contribution >= 4 is 11.9 Å². The fourth-order valence-electron chi connectivity index (χ4n) is 2.20. The van der Waals surface area contributed by atoms with Crippen molar-refractivity contribution in [3.8, 4) is 0 Å². The minimum absolute atomic E-state index is 0.222. The summed E-state index contributed by atoms with van der Waals surface area (Å²) in [4.78, 5) is 18.4. The third-order valence-electron chi connectivity index (χ3n) is 4.17. The standard InChI is InChI=1S/C14H24O.C10H18O.C3H6O2.C2H4O2/c1-12(2)9-10-14(13(3)4)8-6-5-7-11-15;1-9(2)5-4-6-10(3)7-8-11;1-2-3(4)5;1-2(3)4/h8-9,15H,3,5-7,10-11H2,1-2,4H3;7-9,11H,3-6H2,1-2H3;2H2,1H3,(H,4,5);1H3,(H,3,4). The molecule has 0 fully saturated rings. The summed E-state index contributed by atoms with van der Waals surface area (Å²) < 4.78 is 0. The summed E-state index contributed by atoms with van der Waals surface area (Å²) in [6.07, 6.45) is 14.8. The van der Waals surface area contributed by atoms with Gasteiger partial charge in [0.05, 0.1) is 6.26 Å². The quantitative estimate of drug-likeness (QED) is 0.0888. The zero-order chi connectivity index (χ0) is 28.2. The maximum atomic E-state index is 9.37. The predicted molar refractivity (Wildman–Crippen MR) is 149 cm³/mol. The zero-order valence-electron chi connectivity index (χ0n) is 23.3. The highest BCUT2D eigenvalue weighted by atomic mass is 16.4. The Hall–Kier alpha value is -2.60. The molecule has 0 amide bonds. The lowest BCUT2D eigenvalue weighted by Crippen LogP contribution is -1.87. The highest BCUT2D eigenvalue weighted by Crippen LogP contribution is 2.15. The number of aliphatic carboxylic acids is 2. The number of aliphatic hydroxyl groups is 2. The molecule has 0 unspecified atom stereocenters. The van der Waals surface area contributed by atoms with E-state index in [-0.39, 0.29) is 6.42 Å². The number of hydrogen-bond acceptors (Lipinski definition) is 4. The summed E-state index contributed by atoms with van der Waals surface area (Å²) in [5.41, 5.74) is 4.83. The van der Waals surface area contributed by atoms with E-state index in [0.717, 1.165) is 62.4 Å². The van der Waals surface area contributed by atoms with E-state index in [1.54, 1.807) is 13.0 Å². The van der Waals surface area contributed by atoms with Gasteiger partial charge in [-0.15, -0.1) is 0 Å². The summed E-state index contributed by atoms with van der Waals surface area (Å²) in [5, 5.41) is 32.2. The van der Waals surface area contributed by atoms with Crippen molar-refractivity contribution in [1.82, 2.24) is 0 Å². The Balaban J connectivity index is -0.000000209. The van der Waals surface area contributed by atoms with Gasteiger partial charge in [-0.2, -0.15) is 0 Å². The molecule has 6 heteroatoms. The van der Waals surface area contributed by atoms with Crippen molar-refractivity contribution in [2.75, 3.05) is 6.61 Å². The van der Waals surface area contributed by atoms with Crippen molar-refractivity contribution in [3.05, 3.63) is 59.9 Å². The highest BCUT2D eigenvalue weighted by Gasteiger charge is 1.96. The van der Waals surface area contributed by atoms with Crippen LogP contribution in [-0.2, 0) is 9.59 Å². The van der Waals surface area contributed by atoms with E-state index in [1.165, 1.54) is 24.0 Å². The van der Waals surface area contributed by atoms with Crippen LogP contribution >= 0.6 is 0 Å². The largest absolute Gasteiger partial charge is 0.516 e. The fraction of sp³-hybridized carbons (Fsp3) is 0.586. The molecular formula is C29H52O6. The lowest BCUT2D eigenvalue weighted by molar-refractivity contribution is -0.137. The van der Waals surface area contributed by atoms with Crippen molar-refractivity contribution < 1.29 is 30.0 Å². The van der Waals surface area contributed by atoms with Crippen LogP contribution in [0, 0.1) is 5.92 Å². The molecule has 0 saturated heterocycles. The molecule has 0 saturated carbocycles. The molecule has 0 spiro atoms. The van der Waals surface area contributed by atoms with Gasteiger partial charge in [0, 0.05) is 20.0 Å². The number of carbonyl (C=O) groups is 2. The fourth-order valence-corrected chi connectivity index (χ4v) is 2.20. The topological polar surface area (TPSA) is 115 Å². The Labute approximate surface area is 214 Å². The minimum atomic E-state index is -0.833. The highest BCUT2D eigenvalue weighted by molar-refractivity contribution is 5.66. The molecule has 0 aliphatic heterocycles. The molecule has 35 heavy (non-hydrogen) atoms. The summed E-state index contributed by atoms with van der Waals surface area (Å²) in [5.74, 6) is -0.814. The molecule has 0 rings (SSSR count). The number of hydrogen-bond donors (Lipinski definition) is 4. The second-order valence-electron chi connectivity index (χ2n) is 8.74. The molecule has 0 radical (unpaired) electrons. The molecule has 0 aromatic heterocycles. The average molecular weight is 497 g/mol. The smallest absolute Gasteiger partial charge is 0.303 e. The Morgan fingerprint density at radius 1 is 0.943 bits per heavy atom. The Kier molecular flexibility index (Phi) is 33.3. The van der Waals surface area contributed by atoms with Gasteiger partial charge in [0.25, 0.3) is 5.97 Å². The third-order valence-corrected chi connectivity index (χ3v) is 4.17. The van der Waals surface area contributed by atoms with E-state index < -0.39 is 11.9 Å². The van der Waals surface area contributed by atoms with Gasteiger partial charge < -0.3 is 20.4 Å². The molecule has 0 atom stereocenters. The first-order valence-corrected chi connectivity index (χ1v) is 12.2. The van der Waals surface area contributed by atoms with E-state index in [9.17, 15) is 4.79 Å². The second kappa shape index (κ2) is 29.4. The first kappa shape index (κ1) is 39.6. The number of carboxylic acid groups (broad SMARTS) is 2. The van der Waals surface area contributed by atoms with Crippen LogP contribution in [-0.4, -0.2) is 39.0 Å². The third kappa shape index (κ3) is 49.6. The van der Waals surface area contributed by atoms with Gasteiger partial charge in [-0.3, -0.25) is 9.59 Å². The van der Waals surface area contributed by atoms with Crippen molar-refractivity contribution in [1.29, 1.82) is 0 Å². The molecule has 0 aliphatic carbocycles. The summed E-state index contributed by atoms with van der Waals surface area (Å²) in [6, 6.07) is 0. The Morgan fingerprint density at radius 2 is 1.46 bits per heavy atom. The van der Waals surface area contributed by atoms with Crippen LogP contribution in [0.5, 0.6) is 0 Å². The number of allylic oxidation sites excluding steroid dienone is 7. The average Bonchev–Trinajstić information content (AvgIpc) is 2.73. The van der Waals surface area contributed by atoms with Crippen LogP contribution in [0.15, 0.2) is 59.9 Å². The van der Waals surface area contributed by atoms with Crippen molar-refractivity contribution in [2.45, 2.75) is 99.8 Å². The van der Waals surface area contributed by atoms with Gasteiger partial charge in [0.15, 0.2) is 0 Å². The van der Waals surface area contributed by atoms with E-state index in [1.807, 2.05) is 0 Å². The minimum Gasteiger partial charge on any atom is -0.516 e. The lowest BCUT2D eigenvalue weighted by Gasteiger charge is -2.04. The number of unbranched alkanes of at least 4 members (excludes halogenated alkanes) is 2. The van der Waals surface area contributed by atoms with E-state index in [2.05, 4.69) is 59.9 Å². The van der Waals surface area contributed by atoms with E-state index in [0.29, 0.717) is 6.61 Å². The molecule has 0 bridgehead atoms. The SMILES string of the molecule is C=C(C)C(=CCCCCO)CC=C(C)C.C=C(C=CO)CCCC(C)C.CC(=O)O.CCC(=O)O. The molecular weight excluding hydrogens is 444 g/mol. The molecule has 0 aromatic carbocycles. The van der Waals surface area contributed by atoms with Crippen LogP contribution in [0.4, 0.5) is 0 Å². The van der Waals surface area contributed by atoms with Crippen LogP contribution < -0.4 is 0 Å². The molecule has 6 nitrogen and oxygen atoms in total. The summed E-state index contributed by atoms with van der Waals surface area (Å²) in [7, 11) is 0. The van der Waals surface area contributed by atoms with Crippen LogP contribution in [0.25, 0.3) is 0 Å². The molecule has 204 valence electrons. The maximum Gasteiger partial charge on any atom is 0.303 e. The molecule has 0 aromatic rings. The van der Waals surface area contributed by atoms with Gasteiger partial charge in [-0.05, 0) is 76.9 Å². The second-order valence-corrected chi connectivity index (χ2v) is 8.74. The van der Waals surface area contributed by atoms with Gasteiger partial charge in [0.1, 0.15) is 0 Å². The van der Waals surface area contributed by atoms with E-state index >= 15 is 0 Å². The first-order chi connectivity index (χ1) is 16.2. The number of carboxylic acids is 2. The molecule has 0 aliphatic rings. The number of aliphatic hydroxyl groups excluding tert-OH is 2. The normalized spacial score (nSPS) is 10.1. The van der Waals surface area contributed by atoms with Crippen molar-refractivity contribution in [3.63, 3.8) is 0 Å². The lowest BCUT2D eigenvalue weighted by atomic mass is 10.0. The number of rotatable bonds is 13. The Bertz CT molecular complexity index is 646. The zero-order valence-corrected chi connectivity index (χ0v) is 23.3. The first-order valence-electron chi connectivity index (χ1n) is 12.2. The van der Waals surface area contributed by atoms with Gasteiger partial charge in [-0.1, -0.05) is 69.2 Å². The van der Waals surface area contributed by atoms with Crippen molar-refractivity contribution in [2.24, 2.45) is 5.92 Å². The van der Waals surface area contributed by atoms with Gasteiger partial charge in [-0.25, -0.2) is 0 Å². The summed E-state index contributed by atoms with van der Waals surface area (Å²) >= 11 is 0.